The van der Waals surface area contributed by atoms with Gasteiger partial charge in [0.25, 0.3) is 5.56 Å². The van der Waals surface area contributed by atoms with Crippen molar-refractivity contribution in [3.8, 4) is 0 Å². The van der Waals surface area contributed by atoms with Crippen LogP contribution in [0.2, 0.25) is 0 Å². The Morgan fingerprint density at radius 2 is 1.79 bits per heavy atom. The second kappa shape index (κ2) is 9.03. The number of methoxy groups -OCH3 is 1. The molecule has 0 bridgehead atoms. The van der Waals surface area contributed by atoms with E-state index in [1.165, 1.54) is 6.20 Å². The summed E-state index contributed by atoms with van der Waals surface area (Å²) in [6, 6.07) is 0. The molecule has 0 spiro atoms. The van der Waals surface area contributed by atoms with Crippen molar-refractivity contribution < 1.29 is 14.2 Å². The predicted octanol–water partition coefficient (Wildman–Crippen LogP) is -0.0213. The van der Waals surface area contributed by atoms with E-state index in [2.05, 4.69) is 20.9 Å². The van der Waals surface area contributed by atoms with Crippen molar-refractivity contribution in [2.24, 2.45) is 0 Å². The predicted molar refractivity (Wildman–Crippen MR) is 72.5 cm³/mol. The molecule has 0 saturated heterocycles. The van der Waals surface area contributed by atoms with E-state index in [9.17, 15) is 9.59 Å². The van der Waals surface area contributed by atoms with Crippen molar-refractivity contribution in [1.29, 1.82) is 0 Å². The van der Waals surface area contributed by atoms with Gasteiger partial charge in [-0.1, -0.05) is 0 Å². The summed E-state index contributed by atoms with van der Waals surface area (Å²) < 4.78 is 16.7. The van der Waals surface area contributed by atoms with Gasteiger partial charge in [0.1, 0.15) is 0 Å². The van der Waals surface area contributed by atoms with E-state index in [0.717, 1.165) is 4.57 Å². The minimum atomic E-state index is -0.451. The number of halogens is 1. The van der Waals surface area contributed by atoms with Gasteiger partial charge in [-0.15, -0.1) is 0 Å². The van der Waals surface area contributed by atoms with Crippen LogP contribution in [0.5, 0.6) is 0 Å². The molecule has 0 amide bonds. The maximum Gasteiger partial charge on any atom is 0.328 e. The van der Waals surface area contributed by atoms with Crippen molar-refractivity contribution in [3.05, 3.63) is 31.5 Å². The number of nitrogens with one attached hydrogen (secondary N) is 1. The largest absolute Gasteiger partial charge is 0.382 e. The zero-order valence-electron chi connectivity index (χ0n) is 10.7. The average Bonchev–Trinajstić information content (AvgIpc) is 2.40. The second-order valence-electron chi connectivity index (χ2n) is 3.62. The van der Waals surface area contributed by atoms with Crippen LogP contribution in [0.25, 0.3) is 0 Å². The number of hydrogen-bond donors (Lipinski definition) is 1. The van der Waals surface area contributed by atoms with Gasteiger partial charge in [-0.05, 0) is 15.9 Å². The molecule has 0 unspecified atom stereocenters. The molecule has 108 valence electrons. The lowest BCUT2D eigenvalue weighted by Gasteiger charge is -2.07. The number of aromatic amines is 1. The molecular formula is C11H17BrN2O5. The Morgan fingerprint density at radius 1 is 1.16 bits per heavy atom. The molecule has 8 heteroatoms. The Labute approximate surface area is 118 Å². The molecule has 1 heterocycles. The summed E-state index contributed by atoms with van der Waals surface area (Å²) >= 11 is 3.06. The van der Waals surface area contributed by atoms with Gasteiger partial charge in [-0.3, -0.25) is 9.36 Å². The first-order valence-corrected chi connectivity index (χ1v) is 6.58. The minimum absolute atomic E-state index is 0.200. The number of H-pyrrole nitrogens is 1. The highest BCUT2D eigenvalue weighted by atomic mass is 79.9. The van der Waals surface area contributed by atoms with Crippen LogP contribution in [-0.4, -0.2) is 49.7 Å². The summed E-state index contributed by atoms with van der Waals surface area (Å²) in [5.74, 6) is 0. The van der Waals surface area contributed by atoms with Crippen molar-refractivity contribution in [2.45, 2.75) is 6.54 Å². The Hall–Kier alpha value is -0.960. The van der Waals surface area contributed by atoms with Crippen LogP contribution in [0.3, 0.4) is 0 Å². The van der Waals surface area contributed by atoms with Crippen LogP contribution in [0, 0.1) is 0 Å². The molecule has 7 nitrogen and oxygen atoms in total. The highest BCUT2D eigenvalue weighted by molar-refractivity contribution is 9.10. The molecule has 1 N–H and O–H groups in total. The van der Waals surface area contributed by atoms with Gasteiger partial charge in [-0.25, -0.2) is 4.79 Å². The molecular weight excluding hydrogens is 320 g/mol. The van der Waals surface area contributed by atoms with Crippen molar-refractivity contribution >= 4 is 15.9 Å². The van der Waals surface area contributed by atoms with Crippen LogP contribution in [0.1, 0.15) is 0 Å². The third kappa shape index (κ3) is 5.68. The molecule has 0 aliphatic heterocycles. The minimum Gasteiger partial charge on any atom is -0.382 e. The number of rotatable bonds is 9. The van der Waals surface area contributed by atoms with Gasteiger partial charge in [-0.2, -0.15) is 0 Å². The van der Waals surface area contributed by atoms with Crippen molar-refractivity contribution in [3.63, 3.8) is 0 Å². The lowest BCUT2D eigenvalue weighted by Crippen LogP contribution is -2.36. The van der Waals surface area contributed by atoms with Gasteiger partial charge in [0.05, 0.1) is 44.1 Å². The fourth-order valence-electron chi connectivity index (χ4n) is 1.31. The van der Waals surface area contributed by atoms with E-state index in [1.807, 2.05) is 0 Å². The Bertz CT molecular complexity index is 485. The monoisotopic (exact) mass is 336 g/mol. The Morgan fingerprint density at radius 3 is 2.47 bits per heavy atom. The highest BCUT2D eigenvalue weighted by Crippen LogP contribution is 1.96. The molecule has 0 aromatic carbocycles. The molecule has 1 aromatic rings. The lowest BCUT2D eigenvalue weighted by molar-refractivity contribution is 0.0227. The summed E-state index contributed by atoms with van der Waals surface area (Å²) in [5.41, 5.74) is -0.822. The maximum atomic E-state index is 11.6. The first-order valence-electron chi connectivity index (χ1n) is 5.79. The van der Waals surface area contributed by atoms with E-state index < -0.39 is 5.69 Å². The van der Waals surface area contributed by atoms with E-state index in [1.54, 1.807) is 7.11 Å². The first kappa shape index (κ1) is 16.1. The van der Waals surface area contributed by atoms with Crippen LogP contribution < -0.4 is 11.2 Å². The SMILES string of the molecule is COCCOCCOCCn1c(=O)[nH]cc(Br)c1=O. The number of ether oxygens (including phenoxy) is 3. The fraction of sp³-hybridized carbons (Fsp3) is 0.636. The Balaban J connectivity index is 2.25. The van der Waals surface area contributed by atoms with Crippen LogP contribution in [-0.2, 0) is 20.8 Å². The first-order chi connectivity index (χ1) is 9.16. The smallest absolute Gasteiger partial charge is 0.328 e. The normalized spacial score (nSPS) is 10.8. The van der Waals surface area contributed by atoms with Crippen molar-refractivity contribution in [1.82, 2.24) is 9.55 Å². The van der Waals surface area contributed by atoms with Crippen LogP contribution in [0.15, 0.2) is 20.3 Å². The quantitative estimate of drug-likeness (QED) is 0.641. The summed E-state index contributed by atoms with van der Waals surface area (Å²) in [6.45, 7) is 2.39. The molecule has 0 radical (unpaired) electrons. The molecule has 0 aliphatic carbocycles. The van der Waals surface area contributed by atoms with E-state index in [-0.39, 0.29) is 18.7 Å². The second-order valence-corrected chi connectivity index (χ2v) is 4.47. The third-order valence-electron chi connectivity index (χ3n) is 2.28. The van der Waals surface area contributed by atoms with Crippen LogP contribution in [0.4, 0.5) is 0 Å². The summed E-state index contributed by atoms with van der Waals surface area (Å²) in [6.07, 6.45) is 1.33. The molecule has 0 atom stereocenters. The third-order valence-corrected chi connectivity index (χ3v) is 2.85. The van der Waals surface area contributed by atoms with Gasteiger partial charge in [0, 0.05) is 13.3 Å². The molecule has 0 aliphatic rings. The summed E-state index contributed by atoms with van der Waals surface area (Å²) in [4.78, 5) is 25.5. The van der Waals surface area contributed by atoms with Gasteiger partial charge >= 0.3 is 5.69 Å². The maximum absolute atomic E-state index is 11.6. The topological polar surface area (TPSA) is 82.6 Å². The molecule has 1 aromatic heterocycles. The van der Waals surface area contributed by atoms with Gasteiger partial charge in [0.15, 0.2) is 0 Å². The average molecular weight is 337 g/mol. The summed E-state index contributed by atoms with van der Waals surface area (Å²) in [7, 11) is 1.60. The van der Waals surface area contributed by atoms with E-state index in [4.69, 9.17) is 14.2 Å². The zero-order valence-corrected chi connectivity index (χ0v) is 12.3. The van der Waals surface area contributed by atoms with Crippen molar-refractivity contribution in [2.75, 3.05) is 40.1 Å². The highest BCUT2D eigenvalue weighted by Gasteiger charge is 2.04. The molecule has 1 rings (SSSR count). The molecule has 0 saturated carbocycles. The van der Waals surface area contributed by atoms with E-state index in [0.29, 0.717) is 30.9 Å². The fourth-order valence-corrected chi connectivity index (χ4v) is 1.64. The summed E-state index contributed by atoms with van der Waals surface area (Å²) in [5, 5.41) is 0. The number of nitrogens with zero attached hydrogens (tertiary/aromatic N) is 1. The van der Waals surface area contributed by atoms with Crippen LogP contribution >= 0.6 is 15.9 Å². The molecule has 0 fully saturated rings. The van der Waals surface area contributed by atoms with Gasteiger partial charge < -0.3 is 19.2 Å². The zero-order chi connectivity index (χ0) is 14.1. The van der Waals surface area contributed by atoms with Gasteiger partial charge in [0.2, 0.25) is 0 Å². The lowest BCUT2D eigenvalue weighted by atomic mass is 10.6. The standard InChI is InChI=1S/C11H17BrN2O5/c1-17-4-5-19-7-6-18-3-2-14-10(15)9(12)8-13-11(14)16/h8H,2-7H2,1H3,(H,13,16). The Kier molecular flexibility index (Phi) is 7.65. The van der Waals surface area contributed by atoms with E-state index >= 15 is 0 Å². The number of hydrogen-bond acceptors (Lipinski definition) is 5. The molecule has 19 heavy (non-hydrogen) atoms. The number of aromatic nitrogens is 2.